The fourth-order valence-electron chi connectivity index (χ4n) is 0.860. The summed E-state index contributed by atoms with van der Waals surface area (Å²) in [4.78, 5) is 12.5. The highest BCUT2D eigenvalue weighted by Gasteiger charge is 2.10. The minimum Gasteiger partial charge on any atom is -0.408 e. The Hall–Kier alpha value is -1.46. The van der Waals surface area contributed by atoms with Crippen LogP contribution in [0.25, 0.3) is 0 Å². The number of oxime groups is 1. The van der Waals surface area contributed by atoms with Gasteiger partial charge in [-0.2, -0.15) is 0 Å². The number of rotatable bonds is 4. The van der Waals surface area contributed by atoms with Crippen LogP contribution in [0, 0.1) is 0 Å². The number of guanidine groups is 1. The molecule has 1 amide bonds. The third-order valence-electron chi connectivity index (χ3n) is 1.53. The van der Waals surface area contributed by atoms with Crippen molar-refractivity contribution in [2.24, 2.45) is 10.9 Å². The molecule has 0 radical (unpaired) electrons. The van der Waals surface area contributed by atoms with E-state index in [0.717, 1.165) is 6.42 Å². The van der Waals surface area contributed by atoms with Crippen molar-refractivity contribution in [3.8, 4) is 0 Å². The Kier molecular flexibility index (Phi) is 5.42. The first-order valence-electron chi connectivity index (χ1n) is 4.08. The van der Waals surface area contributed by atoms with Crippen molar-refractivity contribution < 1.29 is 10.0 Å². The molecule has 0 saturated heterocycles. The Balaban J connectivity index is 4.17. The van der Waals surface area contributed by atoms with Crippen LogP contribution in [0.15, 0.2) is 5.16 Å². The maximum atomic E-state index is 11.0. The van der Waals surface area contributed by atoms with Gasteiger partial charge in [-0.05, 0) is 6.42 Å². The number of nitrogens with two attached hydrogens (primary N) is 1. The van der Waals surface area contributed by atoms with Crippen LogP contribution in [-0.2, 0) is 4.79 Å². The molecule has 0 aromatic carbocycles. The zero-order valence-corrected chi connectivity index (χ0v) is 7.95. The number of nitrogens with zero attached hydrogens (tertiary/aromatic N) is 2. The van der Waals surface area contributed by atoms with E-state index in [1.807, 2.05) is 6.92 Å². The molecule has 0 unspecified atom stereocenters. The van der Waals surface area contributed by atoms with Gasteiger partial charge in [0.2, 0.25) is 11.9 Å². The molecule has 0 fully saturated rings. The average molecular weight is 188 g/mol. The highest BCUT2D eigenvalue weighted by atomic mass is 16.4. The van der Waals surface area contributed by atoms with Crippen molar-refractivity contribution in [2.45, 2.75) is 13.3 Å². The lowest BCUT2D eigenvalue weighted by Gasteiger charge is -2.20. The number of nitrogens with one attached hydrogen (secondary N) is 1. The van der Waals surface area contributed by atoms with E-state index in [1.54, 1.807) is 7.05 Å². The second-order valence-electron chi connectivity index (χ2n) is 2.55. The summed E-state index contributed by atoms with van der Waals surface area (Å²) >= 11 is 0. The average Bonchev–Trinajstić information content (AvgIpc) is 2.15. The summed E-state index contributed by atoms with van der Waals surface area (Å²) in [5.74, 6) is -0.203. The highest BCUT2D eigenvalue weighted by Crippen LogP contribution is 1.90. The molecule has 0 aliphatic carbocycles. The summed E-state index contributed by atoms with van der Waals surface area (Å²) in [6.07, 6.45) is 0.827. The molecule has 0 heterocycles. The third-order valence-corrected chi connectivity index (χ3v) is 1.53. The molecule has 76 valence electrons. The minimum atomic E-state index is -0.167. The van der Waals surface area contributed by atoms with Gasteiger partial charge < -0.3 is 21.2 Å². The van der Waals surface area contributed by atoms with Gasteiger partial charge in [0, 0.05) is 13.6 Å². The number of hydrogen-bond acceptors (Lipinski definition) is 3. The van der Waals surface area contributed by atoms with Gasteiger partial charge in [-0.1, -0.05) is 12.1 Å². The smallest absolute Gasteiger partial charge is 0.239 e. The SMILES string of the molecule is CCCN(CC(=O)NC)C(N)=NO. The predicted octanol–water partition coefficient (Wildman–Crippen LogP) is -0.852. The van der Waals surface area contributed by atoms with Crippen LogP contribution in [-0.4, -0.2) is 42.1 Å². The van der Waals surface area contributed by atoms with Gasteiger partial charge in [-0.15, -0.1) is 0 Å². The van der Waals surface area contributed by atoms with Crippen molar-refractivity contribution in [1.29, 1.82) is 0 Å². The normalized spacial score (nSPS) is 11.1. The van der Waals surface area contributed by atoms with E-state index in [9.17, 15) is 4.79 Å². The fraction of sp³-hybridized carbons (Fsp3) is 0.714. The zero-order chi connectivity index (χ0) is 10.3. The third kappa shape index (κ3) is 4.19. The van der Waals surface area contributed by atoms with Crippen LogP contribution in [0.3, 0.4) is 0 Å². The molecule has 6 heteroatoms. The summed E-state index contributed by atoms with van der Waals surface area (Å²) in [6, 6.07) is 0. The molecule has 6 nitrogen and oxygen atoms in total. The molecule has 0 atom stereocenters. The van der Waals surface area contributed by atoms with Gasteiger partial charge in [0.15, 0.2) is 0 Å². The van der Waals surface area contributed by atoms with Crippen molar-refractivity contribution >= 4 is 11.9 Å². The number of hydrogen-bond donors (Lipinski definition) is 3. The number of likely N-dealkylation sites (N-methyl/N-ethyl adjacent to an activating group) is 1. The summed E-state index contributed by atoms with van der Waals surface area (Å²) in [6.45, 7) is 2.64. The molecular weight excluding hydrogens is 172 g/mol. The van der Waals surface area contributed by atoms with Crippen molar-refractivity contribution in [2.75, 3.05) is 20.1 Å². The molecule has 13 heavy (non-hydrogen) atoms. The van der Waals surface area contributed by atoms with Gasteiger partial charge in [0.1, 0.15) is 0 Å². The molecule has 0 bridgehead atoms. The Morgan fingerprint density at radius 2 is 2.31 bits per heavy atom. The largest absolute Gasteiger partial charge is 0.408 e. The first-order chi connectivity index (χ1) is 6.15. The fourth-order valence-corrected chi connectivity index (χ4v) is 0.860. The van der Waals surface area contributed by atoms with E-state index < -0.39 is 0 Å². The lowest BCUT2D eigenvalue weighted by molar-refractivity contribution is -0.121. The van der Waals surface area contributed by atoms with Crippen molar-refractivity contribution in [3.05, 3.63) is 0 Å². The van der Waals surface area contributed by atoms with E-state index >= 15 is 0 Å². The Labute approximate surface area is 77.4 Å². The van der Waals surface area contributed by atoms with Crippen LogP contribution in [0.1, 0.15) is 13.3 Å². The molecule has 0 rings (SSSR count). The van der Waals surface area contributed by atoms with Crippen molar-refractivity contribution in [3.63, 3.8) is 0 Å². The van der Waals surface area contributed by atoms with E-state index in [2.05, 4.69) is 10.5 Å². The van der Waals surface area contributed by atoms with Gasteiger partial charge in [0.05, 0.1) is 6.54 Å². The second-order valence-corrected chi connectivity index (χ2v) is 2.55. The van der Waals surface area contributed by atoms with E-state index in [4.69, 9.17) is 10.9 Å². The van der Waals surface area contributed by atoms with Gasteiger partial charge in [-0.3, -0.25) is 4.79 Å². The maximum Gasteiger partial charge on any atom is 0.239 e. The molecule has 0 aliphatic heterocycles. The van der Waals surface area contributed by atoms with Gasteiger partial charge >= 0.3 is 0 Å². The Morgan fingerprint density at radius 1 is 1.69 bits per heavy atom. The summed E-state index contributed by atoms with van der Waals surface area (Å²) in [7, 11) is 1.54. The lowest BCUT2D eigenvalue weighted by Crippen LogP contribution is -2.43. The van der Waals surface area contributed by atoms with Crippen LogP contribution in [0.4, 0.5) is 0 Å². The molecule has 0 saturated carbocycles. The highest BCUT2D eigenvalue weighted by molar-refractivity contribution is 5.85. The first kappa shape index (κ1) is 11.5. The summed E-state index contributed by atoms with van der Waals surface area (Å²) < 4.78 is 0. The van der Waals surface area contributed by atoms with Crippen LogP contribution in [0.5, 0.6) is 0 Å². The predicted molar refractivity (Wildman–Crippen MR) is 49.3 cm³/mol. The zero-order valence-electron chi connectivity index (χ0n) is 7.95. The van der Waals surface area contributed by atoms with Gasteiger partial charge in [-0.25, -0.2) is 0 Å². The molecular formula is C7H16N4O2. The van der Waals surface area contributed by atoms with E-state index in [-0.39, 0.29) is 18.4 Å². The maximum absolute atomic E-state index is 11.0. The monoisotopic (exact) mass is 188 g/mol. The quantitative estimate of drug-likeness (QED) is 0.232. The molecule has 0 aromatic heterocycles. The molecule has 0 spiro atoms. The molecule has 0 aromatic rings. The van der Waals surface area contributed by atoms with Crippen molar-refractivity contribution in [1.82, 2.24) is 10.2 Å². The first-order valence-corrected chi connectivity index (χ1v) is 4.08. The Morgan fingerprint density at radius 3 is 2.69 bits per heavy atom. The number of carbonyl (C=O) groups excluding carboxylic acids is 1. The van der Waals surface area contributed by atoms with Crippen LogP contribution in [0.2, 0.25) is 0 Å². The van der Waals surface area contributed by atoms with Crippen LogP contribution < -0.4 is 11.1 Å². The molecule has 0 aliphatic rings. The van der Waals surface area contributed by atoms with E-state index in [1.165, 1.54) is 4.90 Å². The lowest BCUT2D eigenvalue weighted by atomic mass is 10.4. The second kappa shape index (κ2) is 6.10. The number of amides is 1. The van der Waals surface area contributed by atoms with Crippen LogP contribution >= 0.6 is 0 Å². The van der Waals surface area contributed by atoms with Gasteiger partial charge in [0.25, 0.3) is 0 Å². The molecule has 4 N–H and O–H groups in total. The topological polar surface area (TPSA) is 91.0 Å². The minimum absolute atomic E-state index is 0.0366. The van der Waals surface area contributed by atoms with E-state index in [0.29, 0.717) is 6.54 Å². The Bertz CT molecular complexity index is 193. The number of carbonyl (C=O) groups is 1. The summed E-state index contributed by atoms with van der Waals surface area (Å²) in [5, 5.41) is 13.7. The standard InChI is InChI=1S/C7H16N4O2/c1-3-4-11(7(8)10-13)5-6(12)9-2/h13H,3-5H2,1-2H3,(H2,8,10)(H,9,12). The summed E-state index contributed by atoms with van der Waals surface area (Å²) in [5.41, 5.74) is 5.35.